The summed E-state index contributed by atoms with van der Waals surface area (Å²) < 4.78 is 11.0. The number of ether oxygens (including phenoxy) is 2. The fraction of sp³-hybridized carbons (Fsp3) is 0.300. The number of carbonyl (C=O) groups excluding carboxylic acids is 1. The highest BCUT2D eigenvalue weighted by molar-refractivity contribution is 5.84. The summed E-state index contributed by atoms with van der Waals surface area (Å²) in [6.07, 6.45) is 0.230. The van der Waals surface area contributed by atoms with E-state index in [2.05, 4.69) is 0 Å². The SMILES string of the molecule is CCOc1ccccc1OCC(=O)N(C)C(Cc1ccccc1)C(=O)O. The van der Waals surface area contributed by atoms with Crippen LogP contribution in [0.3, 0.4) is 0 Å². The Hall–Kier alpha value is -3.02. The van der Waals surface area contributed by atoms with E-state index in [4.69, 9.17) is 9.47 Å². The van der Waals surface area contributed by atoms with Gasteiger partial charge in [0.05, 0.1) is 6.61 Å². The maximum Gasteiger partial charge on any atom is 0.326 e. The molecule has 0 aromatic heterocycles. The number of carboxylic acids is 1. The van der Waals surface area contributed by atoms with Crippen molar-refractivity contribution in [1.82, 2.24) is 4.90 Å². The monoisotopic (exact) mass is 357 g/mol. The normalized spacial score (nSPS) is 11.5. The summed E-state index contributed by atoms with van der Waals surface area (Å²) in [6.45, 7) is 2.07. The van der Waals surface area contributed by atoms with E-state index in [1.165, 1.54) is 11.9 Å². The van der Waals surface area contributed by atoms with Gasteiger partial charge in [-0.05, 0) is 24.6 Å². The van der Waals surface area contributed by atoms with Crippen molar-refractivity contribution in [1.29, 1.82) is 0 Å². The maximum atomic E-state index is 12.4. The van der Waals surface area contributed by atoms with E-state index in [-0.39, 0.29) is 13.0 Å². The second-order valence-electron chi connectivity index (χ2n) is 5.72. The molecule has 2 rings (SSSR count). The molecule has 0 aliphatic rings. The number of hydrogen-bond acceptors (Lipinski definition) is 4. The lowest BCUT2D eigenvalue weighted by Gasteiger charge is -2.25. The molecule has 0 saturated carbocycles. The van der Waals surface area contributed by atoms with Crippen LogP contribution in [-0.2, 0) is 16.0 Å². The molecule has 0 aliphatic heterocycles. The van der Waals surface area contributed by atoms with Gasteiger partial charge in [0.25, 0.3) is 5.91 Å². The van der Waals surface area contributed by atoms with Gasteiger partial charge in [0.2, 0.25) is 0 Å². The van der Waals surface area contributed by atoms with Crippen LogP contribution in [0.1, 0.15) is 12.5 Å². The summed E-state index contributed by atoms with van der Waals surface area (Å²) in [5, 5.41) is 9.50. The van der Waals surface area contributed by atoms with E-state index in [0.717, 1.165) is 5.56 Å². The zero-order valence-electron chi connectivity index (χ0n) is 14.9. The highest BCUT2D eigenvalue weighted by Crippen LogP contribution is 2.26. The molecule has 6 nitrogen and oxygen atoms in total. The molecule has 1 amide bonds. The molecule has 0 saturated heterocycles. The van der Waals surface area contributed by atoms with E-state index >= 15 is 0 Å². The van der Waals surface area contributed by atoms with Gasteiger partial charge in [-0.1, -0.05) is 42.5 Å². The predicted octanol–water partition coefficient (Wildman–Crippen LogP) is 2.62. The summed E-state index contributed by atoms with van der Waals surface area (Å²) in [5.41, 5.74) is 0.849. The Kier molecular flexibility index (Phi) is 7.02. The number of amides is 1. The quantitative estimate of drug-likeness (QED) is 0.747. The van der Waals surface area contributed by atoms with Crippen molar-refractivity contribution in [3.05, 3.63) is 60.2 Å². The molecule has 1 N–H and O–H groups in total. The summed E-state index contributed by atoms with van der Waals surface area (Å²) >= 11 is 0. The molecule has 0 aliphatic carbocycles. The first-order valence-corrected chi connectivity index (χ1v) is 8.40. The van der Waals surface area contributed by atoms with Crippen LogP contribution in [0, 0.1) is 0 Å². The molecule has 1 atom stereocenters. The van der Waals surface area contributed by atoms with Crippen molar-refractivity contribution in [2.75, 3.05) is 20.3 Å². The zero-order chi connectivity index (χ0) is 18.9. The molecular formula is C20H23NO5. The van der Waals surface area contributed by atoms with Crippen molar-refractivity contribution >= 4 is 11.9 Å². The van der Waals surface area contributed by atoms with Gasteiger partial charge in [0.15, 0.2) is 18.1 Å². The second-order valence-corrected chi connectivity index (χ2v) is 5.72. The Morgan fingerprint density at radius 3 is 2.15 bits per heavy atom. The number of carboxylic acid groups (broad SMARTS) is 1. The molecule has 0 heterocycles. The summed E-state index contributed by atoms with van der Waals surface area (Å²) in [7, 11) is 1.47. The third-order valence-corrected chi connectivity index (χ3v) is 3.92. The minimum Gasteiger partial charge on any atom is -0.490 e. The van der Waals surface area contributed by atoms with Gasteiger partial charge in [-0.2, -0.15) is 0 Å². The van der Waals surface area contributed by atoms with Crippen LogP contribution in [0.15, 0.2) is 54.6 Å². The average molecular weight is 357 g/mol. The maximum absolute atomic E-state index is 12.4. The molecule has 6 heteroatoms. The molecule has 1 unspecified atom stereocenters. The van der Waals surface area contributed by atoms with Crippen LogP contribution in [0.5, 0.6) is 11.5 Å². The van der Waals surface area contributed by atoms with E-state index in [0.29, 0.717) is 18.1 Å². The van der Waals surface area contributed by atoms with Gasteiger partial charge in [-0.25, -0.2) is 4.79 Å². The zero-order valence-corrected chi connectivity index (χ0v) is 14.9. The van der Waals surface area contributed by atoms with Crippen molar-refractivity contribution in [2.24, 2.45) is 0 Å². The third-order valence-electron chi connectivity index (χ3n) is 3.92. The summed E-state index contributed by atoms with van der Waals surface area (Å²) in [6, 6.07) is 15.3. The number of carbonyl (C=O) groups is 2. The Bertz CT molecular complexity index is 732. The van der Waals surface area contributed by atoms with E-state index < -0.39 is 17.9 Å². The van der Waals surface area contributed by atoms with Crippen LogP contribution in [0.4, 0.5) is 0 Å². The largest absolute Gasteiger partial charge is 0.490 e. The number of aliphatic carboxylic acids is 1. The van der Waals surface area contributed by atoms with E-state index in [1.54, 1.807) is 18.2 Å². The second kappa shape index (κ2) is 9.46. The third kappa shape index (κ3) is 5.24. The minimum atomic E-state index is -1.06. The highest BCUT2D eigenvalue weighted by Gasteiger charge is 2.27. The number of benzene rings is 2. The van der Waals surface area contributed by atoms with Gasteiger partial charge in [-0.15, -0.1) is 0 Å². The molecule has 0 spiro atoms. The van der Waals surface area contributed by atoms with Crippen LogP contribution in [-0.4, -0.2) is 48.2 Å². The molecular weight excluding hydrogens is 334 g/mol. The number of nitrogens with zero attached hydrogens (tertiary/aromatic N) is 1. The first-order valence-electron chi connectivity index (χ1n) is 8.40. The first-order chi connectivity index (χ1) is 12.5. The highest BCUT2D eigenvalue weighted by atomic mass is 16.5. The van der Waals surface area contributed by atoms with Crippen LogP contribution in [0.25, 0.3) is 0 Å². The van der Waals surface area contributed by atoms with Crippen molar-refractivity contribution in [3.63, 3.8) is 0 Å². The average Bonchev–Trinajstić information content (AvgIpc) is 2.65. The fourth-order valence-corrected chi connectivity index (χ4v) is 2.49. The van der Waals surface area contributed by atoms with Crippen molar-refractivity contribution in [3.8, 4) is 11.5 Å². The Morgan fingerprint density at radius 1 is 1.00 bits per heavy atom. The molecule has 26 heavy (non-hydrogen) atoms. The smallest absolute Gasteiger partial charge is 0.326 e. The Morgan fingerprint density at radius 2 is 1.58 bits per heavy atom. The molecule has 138 valence electrons. The lowest BCUT2D eigenvalue weighted by atomic mass is 10.1. The van der Waals surface area contributed by atoms with Crippen LogP contribution >= 0.6 is 0 Å². The molecule has 0 fully saturated rings. The van der Waals surface area contributed by atoms with Gasteiger partial charge < -0.3 is 19.5 Å². The van der Waals surface area contributed by atoms with Gasteiger partial charge in [-0.3, -0.25) is 4.79 Å². The standard InChI is InChI=1S/C20H23NO5/c1-3-25-17-11-7-8-12-18(17)26-14-19(22)21(2)16(20(23)24)13-15-9-5-4-6-10-15/h4-12,16H,3,13-14H2,1-2H3,(H,23,24). The number of likely N-dealkylation sites (N-methyl/N-ethyl adjacent to an activating group) is 1. The Labute approximate surface area is 153 Å². The number of rotatable bonds is 9. The van der Waals surface area contributed by atoms with Crippen molar-refractivity contribution in [2.45, 2.75) is 19.4 Å². The molecule has 0 radical (unpaired) electrons. The van der Waals surface area contributed by atoms with Gasteiger partial charge in [0, 0.05) is 13.5 Å². The fourth-order valence-electron chi connectivity index (χ4n) is 2.49. The molecule has 2 aromatic rings. The van der Waals surface area contributed by atoms with E-state index in [1.807, 2.05) is 43.3 Å². The van der Waals surface area contributed by atoms with Gasteiger partial charge in [0.1, 0.15) is 6.04 Å². The molecule has 2 aromatic carbocycles. The van der Waals surface area contributed by atoms with Crippen LogP contribution < -0.4 is 9.47 Å². The summed E-state index contributed by atoms with van der Waals surface area (Å²) in [5.74, 6) is -0.477. The molecule has 0 bridgehead atoms. The summed E-state index contributed by atoms with van der Waals surface area (Å²) in [4.78, 5) is 25.2. The first kappa shape index (κ1) is 19.3. The number of para-hydroxylation sites is 2. The van der Waals surface area contributed by atoms with E-state index in [9.17, 15) is 14.7 Å². The lowest BCUT2D eigenvalue weighted by molar-refractivity contribution is -0.149. The van der Waals surface area contributed by atoms with Gasteiger partial charge >= 0.3 is 5.97 Å². The van der Waals surface area contributed by atoms with Crippen LogP contribution in [0.2, 0.25) is 0 Å². The number of hydrogen-bond donors (Lipinski definition) is 1. The topological polar surface area (TPSA) is 76.1 Å². The minimum absolute atomic E-state index is 0.230. The lowest BCUT2D eigenvalue weighted by Crippen LogP contribution is -2.45. The Balaban J connectivity index is 2.01. The predicted molar refractivity (Wildman–Crippen MR) is 97.4 cm³/mol. The van der Waals surface area contributed by atoms with Crippen molar-refractivity contribution < 1.29 is 24.2 Å².